The number of nitrogens with one attached hydrogen (secondary N) is 1. The Kier molecular flexibility index (Phi) is 6.15. The lowest BCUT2D eigenvalue weighted by atomic mass is 9.73. The van der Waals surface area contributed by atoms with Crippen LogP contribution in [0.25, 0.3) is 0 Å². The summed E-state index contributed by atoms with van der Waals surface area (Å²) in [6.45, 7) is 2.98. The fraction of sp³-hybridized carbons (Fsp3) is 0.407. The van der Waals surface area contributed by atoms with Gasteiger partial charge in [-0.3, -0.25) is 19.2 Å². The molecule has 0 saturated carbocycles. The van der Waals surface area contributed by atoms with Gasteiger partial charge in [-0.25, -0.2) is 0 Å². The number of hydrogen-bond acceptors (Lipinski definition) is 5. The van der Waals surface area contributed by atoms with Gasteiger partial charge in [0.15, 0.2) is 5.72 Å². The van der Waals surface area contributed by atoms with E-state index in [1.807, 2.05) is 61.5 Å². The second kappa shape index (κ2) is 9.29. The highest BCUT2D eigenvalue weighted by Gasteiger charge is 2.55. The Morgan fingerprint density at radius 2 is 1.83 bits per heavy atom. The Balaban J connectivity index is 1.22. The fourth-order valence-corrected chi connectivity index (χ4v) is 5.72. The lowest BCUT2D eigenvalue weighted by Crippen LogP contribution is -2.65. The molecule has 2 fully saturated rings. The number of rotatable bonds is 7. The number of nitrogens with zero attached hydrogens (tertiary/aromatic N) is 2. The molecular weight excluding hydrogens is 460 g/mol. The largest absolute Gasteiger partial charge is 0.468 e. The van der Waals surface area contributed by atoms with E-state index in [4.69, 9.17) is 10.5 Å². The summed E-state index contributed by atoms with van der Waals surface area (Å²) in [5, 5.41) is 2.87. The molecule has 3 aliphatic heterocycles. The van der Waals surface area contributed by atoms with Crippen LogP contribution in [-0.2, 0) is 25.7 Å². The molecular formula is C27H30N4O5. The van der Waals surface area contributed by atoms with E-state index >= 15 is 0 Å². The van der Waals surface area contributed by atoms with Gasteiger partial charge in [-0.05, 0) is 24.1 Å². The third kappa shape index (κ3) is 4.29. The molecule has 3 N–H and O–H groups in total. The summed E-state index contributed by atoms with van der Waals surface area (Å²) in [5.41, 5.74) is 6.53. The van der Waals surface area contributed by atoms with Crippen LogP contribution in [0.3, 0.4) is 0 Å². The molecule has 9 heteroatoms. The number of para-hydroxylation sites is 1. The van der Waals surface area contributed by atoms with Crippen molar-refractivity contribution in [3.63, 3.8) is 0 Å². The van der Waals surface area contributed by atoms with Crippen molar-refractivity contribution in [3.8, 4) is 5.75 Å². The van der Waals surface area contributed by atoms with E-state index < -0.39 is 29.4 Å². The van der Waals surface area contributed by atoms with Crippen LogP contribution >= 0.6 is 0 Å². The van der Waals surface area contributed by atoms with E-state index in [2.05, 4.69) is 5.32 Å². The van der Waals surface area contributed by atoms with Crippen molar-refractivity contribution in [1.29, 1.82) is 0 Å². The van der Waals surface area contributed by atoms with Gasteiger partial charge < -0.3 is 25.6 Å². The van der Waals surface area contributed by atoms with E-state index in [-0.39, 0.29) is 37.2 Å². The minimum atomic E-state index is -0.988. The SMILES string of the molecule is C[C@@]12C[C@@H](c3ccccc3O1)[C@H](C(N)=O)C(=O)N2CCNC(=O)[C@@H]1CC(=O)N(Cc2ccccc2)C1. The zero-order valence-electron chi connectivity index (χ0n) is 20.2. The number of hydrogen-bond donors (Lipinski definition) is 2. The van der Waals surface area contributed by atoms with Crippen molar-refractivity contribution in [2.75, 3.05) is 19.6 Å². The number of carbonyl (C=O) groups excluding carboxylic acids is 4. The van der Waals surface area contributed by atoms with Gasteiger partial charge in [0.1, 0.15) is 11.7 Å². The highest BCUT2D eigenvalue weighted by molar-refractivity contribution is 6.02. The number of piperidine rings is 1. The molecule has 36 heavy (non-hydrogen) atoms. The lowest BCUT2D eigenvalue weighted by Gasteiger charge is -2.52. The fourth-order valence-electron chi connectivity index (χ4n) is 5.72. The van der Waals surface area contributed by atoms with E-state index in [1.165, 1.54) is 4.90 Å². The van der Waals surface area contributed by atoms with E-state index in [9.17, 15) is 19.2 Å². The third-order valence-corrected chi connectivity index (χ3v) is 7.50. The third-order valence-electron chi connectivity index (χ3n) is 7.50. The average molecular weight is 491 g/mol. The summed E-state index contributed by atoms with van der Waals surface area (Å²) >= 11 is 0. The Bertz CT molecular complexity index is 1200. The summed E-state index contributed by atoms with van der Waals surface area (Å²) in [4.78, 5) is 54.2. The van der Waals surface area contributed by atoms with Crippen molar-refractivity contribution in [3.05, 3.63) is 65.7 Å². The van der Waals surface area contributed by atoms with Gasteiger partial charge in [-0.15, -0.1) is 0 Å². The van der Waals surface area contributed by atoms with Crippen LogP contribution in [0.1, 0.15) is 36.8 Å². The number of likely N-dealkylation sites (tertiary alicyclic amines) is 2. The highest BCUT2D eigenvalue weighted by atomic mass is 16.5. The second-order valence-corrected chi connectivity index (χ2v) is 9.95. The molecule has 188 valence electrons. The predicted octanol–water partition coefficient (Wildman–Crippen LogP) is 1.38. The predicted molar refractivity (Wildman–Crippen MR) is 130 cm³/mol. The first kappa shape index (κ1) is 23.8. The average Bonchev–Trinajstić information content (AvgIpc) is 3.21. The number of primary amides is 1. The topological polar surface area (TPSA) is 122 Å². The molecule has 0 aliphatic carbocycles. The van der Waals surface area contributed by atoms with Crippen molar-refractivity contribution in [1.82, 2.24) is 15.1 Å². The molecule has 3 aliphatic rings. The van der Waals surface area contributed by atoms with Crippen LogP contribution in [0.5, 0.6) is 5.75 Å². The number of benzene rings is 2. The van der Waals surface area contributed by atoms with Crippen LogP contribution in [0.4, 0.5) is 0 Å². The summed E-state index contributed by atoms with van der Waals surface area (Å²) in [5.74, 6) is -2.50. The molecule has 0 aromatic heterocycles. The molecule has 0 spiro atoms. The normalized spacial score (nSPS) is 26.9. The van der Waals surface area contributed by atoms with Crippen molar-refractivity contribution < 1.29 is 23.9 Å². The minimum absolute atomic E-state index is 0.0534. The Labute approximate surface area is 209 Å². The number of ether oxygens (including phenoxy) is 1. The lowest BCUT2D eigenvalue weighted by molar-refractivity contribution is -0.175. The Morgan fingerprint density at radius 3 is 2.58 bits per heavy atom. The maximum atomic E-state index is 13.4. The number of amides is 4. The molecule has 3 heterocycles. The van der Waals surface area contributed by atoms with Crippen LogP contribution in [0.2, 0.25) is 0 Å². The highest BCUT2D eigenvalue weighted by Crippen LogP contribution is 2.49. The smallest absolute Gasteiger partial charge is 0.238 e. The molecule has 2 saturated heterocycles. The maximum Gasteiger partial charge on any atom is 0.238 e. The van der Waals surface area contributed by atoms with Gasteiger partial charge >= 0.3 is 0 Å². The quantitative estimate of drug-likeness (QED) is 0.568. The van der Waals surface area contributed by atoms with Crippen molar-refractivity contribution in [2.24, 2.45) is 17.6 Å². The Morgan fingerprint density at radius 1 is 1.11 bits per heavy atom. The van der Waals surface area contributed by atoms with Gasteiger partial charge in [0.2, 0.25) is 23.6 Å². The van der Waals surface area contributed by atoms with Crippen molar-refractivity contribution >= 4 is 23.6 Å². The van der Waals surface area contributed by atoms with E-state index in [1.54, 1.807) is 4.90 Å². The summed E-state index contributed by atoms with van der Waals surface area (Å²) in [6.07, 6.45) is 0.591. The first-order valence-electron chi connectivity index (χ1n) is 12.2. The van der Waals surface area contributed by atoms with Gasteiger partial charge in [0, 0.05) is 44.9 Å². The zero-order chi connectivity index (χ0) is 25.4. The van der Waals surface area contributed by atoms with E-state index in [0.717, 1.165) is 11.1 Å². The van der Waals surface area contributed by atoms with Gasteiger partial charge in [-0.2, -0.15) is 0 Å². The van der Waals surface area contributed by atoms with Crippen LogP contribution in [0, 0.1) is 11.8 Å². The zero-order valence-corrected chi connectivity index (χ0v) is 20.2. The number of nitrogens with two attached hydrogens (primary N) is 1. The molecule has 2 aromatic carbocycles. The Hall–Kier alpha value is -3.88. The molecule has 0 radical (unpaired) electrons. The van der Waals surface area contributed by atoms with Gasteiger partial charge in [0.25, 0.3) is 0 Å². The van der Waals surface area contributed by atoms with Gasteiger partial charge in [-0.1, -0.05) is 48.5 Å². The number of carbonyl (C=O) groups is 4. The molecule has 2 bridgehead atoms. The standard InChI is InChI=1S/C27H30N4O5/c1-27-14-20(19-9-5-6-10-21(19)36-27)23(24(28)33)26(35)31(27)12-11-29-25(34)18-13-22(32)30(16-18)15-17-7-3-2-4-8-17/h2-10,18,20,23H,11-16H2,1H3,(H2,28,33)(H,29,34)/t18-,20+,23-,27+/m1/s1. The summed E-state index contributed by atoms with van der Waals surface area (Å²) < 4.78 is 6.23. The first-order chi connectivity index (χ1) is 17.3. The minimum Gasteiger partial charge on any atom is -0.468 e. The van der Waals surface area contributed by atoms with Crippen LogP contribution < -0.4 is 15.8 Å². The monoisotopic (exact) mass is 490 g/mol. The van der Waals surface area contributed by atoms with Crippen molar-refractivity contribution in [2.45, 2.75) is 38.0 Å². The molecule has 0 unspecified atom stereocenters. The second-order valence-electron chi connectivity index (χ2n) is 9.95. The molecule has 4 amide bonds. The maximum absolute atomic E-state index is 13.4. The molecule has 4 atom stereocenters. The van der Waals surface area contributed by atoms with Crippen LogP contribution in [-0.4, -0.2) is 58.8 Å². The molecule has 2 aromatic rings. The number of fused-ring (bicyclic) bond motifs is 4. The summed E-state index contributed by atoms with van der Waals surface area (Å²) in [6, 6.07) is 17.0. The summed E-state index contributed by atoms with van der Waals surface area (Å²) in [7, 11) is 0. The van der Waals surface area contributed by atoms with Crippen LogP contribution in [0.15, 0.2) is 54.6 Å². The molecule has 5 rings (SSSR count). The molecule has 9 nitrogen and oxygen atoms in total. The van der Waals surface area contributed by atoms with E-state index in [0.29, 0.717) is 25.3 Å². The van der Waals surface area contributed by atoms with Gasteiger partial charge in [0.05, 0.1) is 5.92 Å². The first-order valence-corrected chi connectivity index (χ1v) is 12.2.